The van der Waals surface area contributed by atoms with Crippen LogP contribution in [0.3, 0.4) is 0 Å². The Morgan fingerprint density at radius 3 is 2.70 bits per heavy atom. The van der Waals surface area contributed by atoms with Gasteiger partial charge in [-0.3, -0.25) is 0 Å². The number of hydrogen-bond acceptors (Lipinski definition) is 1. The molecule has 4 heteroatoms. The molecule has 0 aliphatic heterocycles. The molecule has 0 saturated carbocycles. The molecule has 0 radical (unpaired) electrons. The first kappa shape index (κ1) is 6.95. The molecule has 0 amide bonds. The second-order valence-electron chi connectivity index (χ2n) is 1.69. The Labute approximate surface area is 82.2 Å². The predicted molar refractivity (Wildman–Crippen MR) is 51.3 cm³/mol. The molecule has 2 N–H and O–H groups in total. The third-order valence-corrected chi connectivity index (χ3v) is 2.46. The van der Waals surface area contributed by atoms with E-state index in [0.717, 1.165) is 0 Å². The molecule has 0 heterocycles. The Kier molecular flexibility index (Phi) is 2.16. The fraction of sp³-hybridized carbons (Fsp3) is 0. The largest absolute Gasteiger partial charge is 0.397 e. The molecule has 0 spiro atoms. The summed E-state index contributed by atoms with van der Waals surface area (Å²) in [5.41, 5.74) is 6.08. The summed E-state index contributed by atoms with van der Waals surface area (Å²) >= 11 is 12.1. The maximum Gasteiger partial charge on any atom is 0.0651 e. The fourth-order valence-electron chi connectivity index (χ4n) is 0.502. The number of anilines is 1. The lowest BCUT2D eigenvalue weighted by Gasteiger charge is -2.00. The summed E-state index contributed by atoms with van der Waals surface area (Å²) < 4.78 is 8.63. The van der Waals surface area contributed by atoms with E-state index in [1.165, 1.54) is 0 Å². The Morgan fingerprint density at radius 1 is 1.50 bits per heavy atom. The van der Waals surface area contributed by atoms with E-state index in [4.69, 9.17) is 18.7 Å². The minimum Gasteiger partial charge on any atom is -0.397 e. The average molecular weight is 286 g/mol. The molecule has 0 atom stereocenters. The first-order chi connectivity index (χ1) is 5.04. The smallest absolute Gasteiger partial charge is 0.0651 e. The highest BCUT2D eigenvalue weighted by atomic mass is 79.9. The second-order valence-corrected chi connectivity index (χ2v) is 3.75. The first-order valence-corrected chi connectivity index (χ1v) is 4.40. The van der Waals surface area contributed by atoms with Gasteiger partial charge in [-0.05, 0) is 44.0 Å². The van der Waals surface area contributed by atoms with Crippen molar-refractivity contribution in [3.63, 3.8) is 0 Å². The van der Waals surface area contributed by atoms with Gasteiger partial charge in [-0.2, -0.15) is 0 Å². The molecule has 1 rings (SSSR count). The third kappa shape index (κ3) is 1.65. The van der Waals surface area contributed by atoms with Crippen LogP contribution in [-0.4, -0.2) is 0 Å². The number of hydrogen-bond donors (Lipinski definition) is 1. The maximum absolute atomic E-state index is 7.40. The van der Waals surface area contributed by atoms with Crippen molar-refractivity contribution in [1.82, 2.24) is 0 Å². The molecule has 1 nitrogen and oxygen atoms in total. The zero-order chi connectivity index (χ0) is 8.59. The van der Waals surface area contributed by atoms with Crippen LogP contribution in [0.4, 0.5) is 5.69 Å². The van der Waals surface area contributed by atoms with Crippen LogP contribution in [-0.2, 0) is 0 Å². The van der Waals surface area contributed by atoms with Gasteiger partial charge in [0.25, 0.3) is 0 Å². The monoisotopic (exact) mass is 284 g/mol. The highest BCUT2D eigenvalue weighted by Crippen LogP contribution is 2.31. The van der Waals surface area contributed by atoms with Gasteiger partial charge in [-0.25, -0.2) is 0 Å². The normalized spacial score (nSPS) is 11.3. The predicted octanol–water partition coefficient (Wildman–Crippen LogP) is 3.45. The van der Waals surface area contributed by atoms with Gasteiger partial charge in [-0.15, -0.1) is 0 Å². The molecule has 0 saturated heterocycles. The lowest BCUT2D eigenvalue weighted by molar-refractivity contribution is 1.59. The van der Waals surface area contributed by atoms with Gasteiger partial charge in [0.15, 0.2) is 0 Å². The van der Waals surface area contributed by atoms with Crippen LogP contribution in [0, 0.1) is 0 Å². The molecule has 0 unspecified atom stereocenters. The van der Waals surface area contributed by atoms with Gasteiger partial charge in [0.05, 0.1) is 7.06 Å². The molecular weight excluding hydrogens is 281 g/mol. The summed E-state index contributed by atoms with van der Waals surface area (Å²) in [5.74, 6) is 0. The van der Waals surface area contributed by atoms with Crippen molar-refractivity contribution in [1.29, 1.82) is 0 Å². The summed E-state index contributed by atoms with van der Waals surface area (Å²) in [7, 11) is 0. The molecule has 0 aromatic heterocycles. The summed E-state index contributed by atoms with van der Waals surface area (Å²) in [6, 6.07) is 1.82. The fourth-order valence-corrected chi connectivity index (χ4v) is 2.07. The molecule has 0 fully saturated rings. The van der Waals surface area contributed by atoms with E-state index in [1.807, 2.05) is 0 Å². The molecule has 1 aromatic carbocycles. The standard InChI is InChI=1S/C6H4Br2ClN/c7-4-1-3(9)2-5(8)6(4)10/h1-2H,10H2/i1D. The SMILES string of the molecule is [2H]c1c(Cl)cc(Br)c(N)c1Br. The zero-order valence-corrected chi connectivity index (χ0v) is 8.72. The van der Waals surface area contributed by atoms with Crippen molar-refractivity contribution in [2.45, 2.75) is 0 Å². The van der Waals surface area contributed by atoms with Gasteiger partial charge in [0.1, 0.15) is 0 Å². The van der Waals surface area contributed by atoms with Crippen molar-refractivity contribution < 1.29 is 1.37 Å². The summed E-state index contributed by atoms with van der Waals surface area (Å²) in [6.45, 7) is 0. The van der Waals surface area contributed by atoms with Crippen molar-refractivity contribution in [2.75, 3.05) is 5.73 Å². The van der Waals surface area contributed by atoms with Crippen LogP contribution >= 0.6 is 43.5 Å². The van der Waals surface area contributed by atoms with E-state index in [9.17, 15) is 0 Å². The average Bonchev–Trinajstić information content (AvgIpc) is 1.97. The Balaban J connectivity index is 3.46. The molecule has 0 aliphatic carbocycles. The van der Waals surface area contributed by atoms with Crippen molar-refractivity contribution >= 4 is 49.1 Å². The van der Waals surface area contributed by atoms with E-state index < -0.39 is 0 Å². The van der Waals surface area contributed by atoms with E-state index in [1.54, 1.807) is 6.07 Å². The Morgan fingerprint density at radius 2 is 2.10 bits per heavy atom. The minimum absolute atomic E-state index is 0.215. The van der Waals surface area contributed by atoms with Gasteiger partial charge in [0, 0.05) is 14.0 Å². The van der Waals surface area contributed by atoms with Gasteiger partial charge >= 0.3 is 0 Å². The van der Waals surface area contributed by atoms with Crippen LogP contribution in [0.1, 0.15) is 1.37 Å². The highest BCUT2D eigenvalue weighted by Gasteiger charge is 2.01. The van der Waals surface area contributed by atoms with Crippen LogP contribution < -0.4 is 5.73 Å². The molecule has 10 heavy (non-hydrogen) atoms. The van der Waals surface area contributed by atoms with Crippen molar-refractivity contribution in [3.8, 4) is 0 Å². The van der Waals surface area contributed by atoms with Crippen molar-refractivity contribution in [2.24, 2.45) is 0 Å². The summed E-state index contributed by atoms with van der Waals surface area (Å²) in [4.78, 5) is 0. The lowest BCUT2D eigenvalue weighted by atomic mass is 10.3. The molecular formula is C6H4Br2ClN. The minimum atomic E-state index is 0.215. The van der Waals surface area contributed by atoms with Crippen LogP contribution in [0.5, 0.6) is 0 Å². The number of rotatable bonds is 0. The van der Waals surface area contributed by atoms with E-state index >= 15 is 0 Å². The number of nitrogen functional groups attached to an aromatic ring is 1. The number of halogens is 3. The highest BCUT2D eigenvalue weighted by molar-refractivity contribution is 9.11. The third-order valence-electron chi connectivity index (χ3n) is 0.976. The van der Waals surface area contributed by atoms with Gasteiger partial charge in [-0.1, -0.05) is 11.6 Å². The van der Waals surface area contributed by atoms with Crippen LogP contribution in [0.2, 0.25) is 5.02 Å². The van der Waals surface area contributed by atoms with Crippen molar-refractivity contribution in [3.05, 3.63) is 26.1 Å². The topological polar surface area (TPSA) is 26.0 Å². The van der Waals surface area contributed by atoms with Crippen LogP contribution in [0.15, 0.2) is 21.1 Å². The Bertz CT molecular complexity index is 277. The van der Waals surface area contributed by atoms with E-state index in [2.05, 4.69) is 31.9 Å². The zero-order valence-electron chi connectivity index (χ0n) is 5.79. The lowest BCUT2D eigenvalue weighted by Crippen LogP contribution is -1.87. The second kappa shape index (κ2) is 3.11. The van der Waals surface area contributed by atoms with Gasteiger partial charge in [0.2, 0.25) is 0 Å². The summed E-state index contributed by atoms with van der Waals surface area (Å²) in [6.07, 6.45) is 0. The maximum atomic E-state index is 7.40. The summed E-state index contributed by atoms with van der Waals surface area (Å²) in [5, 5.41) is 0.373. The number of nitrogens with two attached hydrogens (primary N) is 1. The quantitative estimate of drug-likeness (QED) is 0.726. The molecule has 0 aliphatic rings. The van der Waals surface area contributed by atoms with Gasteiger partial charge < -0.3 is 5.73 Å². The van der Waals surface area contributed by atoms with E-state index in [-0.39, 0.29) is 6.04 Å². The van der Waals surface area contributed by atoms with Crippen LogP contribution in [0.25, 0.3) is 0 Å². The first-order valence-electron chi connectivity index (χ1n) is 2.93. The molecule has 54 valence electrons. The molecule has 0 bridgehead atoms. The van der Waals surface area contributed by atoms with E-state index in [0.29, 0.717) is 19.7 Å². The molecule has 1 aromatic rings. The Hall–Kier alpha value is 0.270. The number of benzene rings is 1.